The van der Waals surface area contributed by atoms with Gasteiger partial charge in [-0.05, 0) is 12.1 Å². The zero-order valence-corrected chi connectivity index (χ0v) is 7.15. The van der Waals surface area contributed by atoms with E-state index in [1.807, 2.05) is 0 Å². The van der Waals surface area contributed by atoms with E-state index >= 15 is 0 Å². The molecule has 1 aromatic rings. The van der Waals surface area contributed by atoms with E-state index in [2.05, 4.69) is 0 Å². The molecule has 0 saturated heterocycles. The fourth-order valence-electron chi connectivity index (χ4n) is 0.502. The summed E-state index contributed by atoms with van der Waals surface area (Å²) < 4.78 is 48.0. The summed E-state index contributed by atoms with van der Waals surface area (Å²) in [4.78, 5) is 0. The van der Waals surface area contributed by atoms with Crippen LogP contribution in [0.5, 0.6) is 0 Å². The van der Waals surface area contributed by atoms with Gasteiger partial charge in [-0.1, -0.05) is 0 Å². The smallest absolute Gasteiger partial charge is 0.197 e. The molecule has 0 heterocycles. The first kappa shape index (κ1) is 14.5. The van der Waals surface area contributed by atoms with Crippen molar-refractivity contribution in [1.82, 2.24) is 0 Å². The van der Waals surface area contributed by atoms with Crippen LogP contribution in [0.3, 0.4) is 0 Å². The molecule has 0 atom stereocenters. The van der Waals surface area contributed by atoms with E-state index in [4.69, 9.17) is 0 Å². The number of halogens is 4. The second kappa shape index (κ2) is 5.59. The number of hydrogen-bond acceptors (Lipinski definition) is 0. The molecular weight excluding hydrogens is 275 g/mol. The van der Waals surface area contributed by atoms with Gasteiger partial charge in [0.1, 0.15) is 0 Å². The van der Waals surface area contributed by atoms with Crippen LogP contribution >= 0.6 is 0 Å². The quantitative estimate of drug-likeness (QED) is 0.295. The van der Waals surface area contributed by atoms with Crippen LogP contribution in [0.15, 0.2) is 12.1 Å². The van der Waals surface area contributed by atoms with Crippen molar-refractivity contribution in [3.05, 3.63) is 35.4 Å². The molecule has 0 aliphatic rings. The van der Waals surface area contributed by atoms with Crippen molar-refractivity contribution < 1.29 is 51.7 Å². The number of benzene rings is 1. The van der Waals surface area contributed by atoms with Gasteiger partial charge in [0.25, 0.3) is 0 Å². The average molecular weight is 277 g/mol. The Morgan fingerprint density at radius 2 is 0.917 bits per heavy atom. The Morgan fingerprint density at radius 1 is 0.667 bits per heavy atom. The topological polar surface area (TPSA) is 0 Å². The Kier molecular flexibility index (Phi) is 6.76. The summed E-state index contributed by atoms with van der Waals surface area (Å²) in [6, 6.07) is 1.04. The van der Waals surface area contributed by atoms with E-state index in [1.165, 1.54) is 0 Å². The summed E-state index contributed by atoms with van der Waals surface area (Å²) in [5.41, 5.74) is 0. The molecule has 12 heavy (non-hydrogen) atoms. The molecule has 1 aromatic carbocycles. The van der Waals surface area contributed by atoms with Crippen molar-refractivity contribution in [2.45, 2.75) is 0 Å². The van der Waals surface area contributed by atoms with Gasteiger partial charge in [0.05, 0.1) is 0 Å². The Bertz CT molecular complexity index is 237. The van der Waals surface area contributed by atoms with Gasteiger partial charge in [-0.25, -0.2) is 17.6 Å². The monoisotopic (exact) mass is 276 g/mol. The predicted octanol–water partition coefficient (Wildman–Crippen LogP) is 2.24. The molecule has 0 aromatic heterocycles. The van der Waals surface area contributed by atoms with Crippen LogP contribution in [0, 0.1) is 23.3 Å². The molecule has 0 spiro atoms. The minimum atomic E-state index is -1.78. The van der Waals surface area contributed by atoms with E-state index < -0.39 is 23.3 Å². The third kappa shape index (κ3) is 2.79. The molecule has 76 valence electrons. The maximum absolute atomic E-state index is 12.0. The van der Waals surface area contributed by atoms with Crippen LogP contribution in [0.25, 0.3) is 0 Å². The van der Waals surface area contributed by atoms with Gasteiger partial charge >= 0.3 is 0 Å². The number of hydrogen-bond donors (Lipinski definition) is 0. The molecule has 0 fully saturated rings. The molecule has 0 amide bonds. The third-order valence-electron chi connectivity index (χ3n) is 0.988. The Morgan fingerprint density at radius 3 is 1.17 bits per heavy atom. The summed E-state index contributed by atoms with van der Waals surface area (Å²) >= 11 is 0. The molecule has 0 saturated carbocycles. The fourth-order valence-corrected chi connectivity index (χ4v) is 0.502. The SMILES string of the molecule is Fc1ccc(F)c(F)c1F.[Cu].[Cu]. The van der Waals surface area contributed by atoms with Gasteiger partial charge in [0, 0.05) is 34.1 Å². The average Bonchev–Trinajstić information content (AvgIpc) is 1.93. The fraction of sp³-hybridized carbons (Fsp3) is 0. The molecule has 0 nitrogen and oxygen atoms in total. The molecule has 0 aliphatic heterocycles. The minimum Gasteiger partial charge on any atom is -0.204 e. The van der Waals surface area contributed by atoms with Crippen LogP contribution in [-0.2, 0) is 34.1 Å². The molecule has 0 unspecified atom stereocenters. The first-order valence-corrected chi connectivity index (χ1v) is 2.42. The van der Waals surface area contributed by atoms with Crippen molar-refractivity contribution in [2.24, 2.45) is 0 Å². The van der Waals surface area contributed by atoms with E-state index in [-0.39, 0.29) is 34.1 Å². The summed E-state index contributed by atoms with van der Waals surface area (Å²) in [6.07, 6.45) is 0. The third-order valence-corrected chi connectivity index (χ3v) is 0.988. The molecule has 0 N–H and O–H groups in total. The minimum absolute atomic E-state index is 0. The van der Waals surface area contributed by atoms with Crippen LogP contribution in [0.2, 0.25) is 0 Å². The Labute approximate surface area is 87.3 Å². The van der Waals surface area contributed by atoms with Crippen molar-refractivity contribution in [3.8, 4) is 0 Å². The van der Waals surface area contributed by atoms with Gasteiger partial charge in [0.2, 0.25) is 0 Å². The van der Waals surface area contributed by atoms with Crippen molar-refractivity contribution in [2.75, 3.05) is 0 Å². The second-order valence-electron chi connectivity index (χ2n) is 1.66. The van der Waals surface area contributed by atoms with E-state index in [0.29, 0.717) is 12.1 Å². The van der Waals surface area contributed by atoms with Crippen molar-refractivity contribution in [1.29, 1.82) is 0 Å². The normalized spacial score (nSPS) is 8.33. The summed E-state index contributed by atoms with van der Waals surface area (Å²) in [5.74, 6) is -6.34. The summed E-state index contributed by atoms with van der Waals surface area (Å²) in [5, 5.41) is 0. The molecule has 0 bridgehead atoms. The van der Waals surface area contributed by atoms with Crippen LogP contribution in [0.1, 0.15) is 0 Å². The van der Waals surface area contributed by atoms with Crippen molar-refractivity contribution in [3.63, 3.8) is 0 Å². The predicted molar refractivity (Wildman–Crippen MR) is 26.3 cm³/mol. The molecular formula is C6H2Cu2F4. The molecule has 0 aliphatic carbocycles. The summed E-state index contributed by atoms with van der Waals surface area (Å²) in [7, 11) is 0. The molecule has 6 heteroatoms. The largest absolute Gasteiger partial charge is 0.204 e. The molecule has 2 radical (unpaired) electrons. The van der Waals surface area contributed by atoms with Crippen LogP contribution in [-0.4, -0.2) is 0 Å². The Hall–Kier alpha value is -0.0210. The first-order chi connectivity index (χ1) is 4.63. The standard InChI is InChI=1S/C6H2F4.2Cu/c7-3-1-2-4(8)6(10)5(3)9;;/h1-2H;;. The zero-order chi connectivity index (χ0) is 7.72. The van der Waals surface area contributed by atoms with Gasteiger partial charge in [0.15, 0.2) is 23.3 Å². The van der Waals surface area contributed by atoms with E-state index in [9.17, 15) is 17.6 Å². The van der Waals surface area contributed by atoms with Gasteiger partial charge < -0.3 is 0 Å². The first-order valence-electron chi connectivity index (χ1n) is 2.42. The van der Waals surface area contributed by atoms with Crippen molar-refractivity contribution >= 4 is 0 Å². The second-order valence-corrected chi connectivity index (χ2v) is 1.66. The molecule has 1 rings (SSSR count). The van der Waals surface area contributed by atoms with Gasteiger partial charge in [-0.15, -0.1) is 0 Å². The van der Waals surface area contributed by atoms with Crippen LogP contribution < -0.4 is 0 Å². The number of rotatable bonds is 0. The Balaban J connectivity index is 0. The van der Waals surface area contributed by atoms with Crippen LogP contribution in [0.4, 0.5) is 17.6 Å². The summed E-state index contributed by atoms with van der Waals surface area (Å²) in [6.45, 7) is 0. The maximum Gasteiger partial charge on any atom is 0.197 e. The van der Waals surface area contributed by atoms with Gasteiger partial charge in [-0.3, -0.25) is 0 Å². The van der Waals surface area contributed by atoms with E-state index in [1.54, 1.807) is 0 Å². The van der Waals surface area contributed by atoms with Gasteiger partial charge in [-0.2, -0.15) is 0 Å². The zero-order valence-electron chi connectivity index (χ0n) is 5.27. The maximum atomic E-state index is 12.0. The van der Waals surface area contributed by atoms with E-state index in [0.717, 1.165) is 0 Å².